The Kier molecular flexibility index (Phi) is 4.41. The minimum atomic E-state index is 0.543. The predicted octanol–water partition coefficient (Wildman–Crippen LogP) is 5.23. The molecule has 0 bridgehead atoms. The van der Waals surface area contributed by atoms with E-state index in [2.05, 4.69) is 37.7 Å². The van der Waals surface area contributed by atoms with Crippen LogP contribution in [-0.2, 0) is 0 Å². The molecule has 1 aromatic heterocycles. The minimum absolute atomic E-state index is 0.543. The molecule has 0 spiro atoms. The molecule has 1 aliphatic heterocycles. The molecule has 0 unspecified atom stereocenters. The fraction of sp³-hybridized carbons (Fsp3) is 0.143. The first-order valence-corrected chi connectivity index (χ1v) is 8.71. The molecule has 0 radical (unpaired) electrons. The topological polar surface area (TPSA) is 28.8 Å². The highest BCUT2D eigenvalue weighted by molar-refractivity contribution is 14.1. The van der Waals surface area contributed by atoms with Crippen molar-refractivity contribution < 1.29 is 0 Å². The lowest BCUT2D eigenvalue weighted by molar-refractivity contribution is 0.961. The predicted molar refractivity (Wildman–Crippen MR) is 98.2 cm³/mol. The van der Waals surface area contributed by atoms with Crippen LogP contribution in [0.5, 0.6) is 0 Å². The van der Waals surface area contributed by atoms with Crippen LogP contribution in [0.3, 0.4) is 0 Å². The van der Waals surface area contributed by atoms with E-state index in [1.807, 2.05) is 6.07 Å². The van der Waals surface area contributed by atoms with Gasteiger partial charge in [-0.15, -0.1) is 11.3 Å². The van der Waals surface area contributed by atoms with Gasteiger partial charge in [0.15, 0.2) is 0 Å². The Hall–Kier alpha value is -0.810. The summed E-state index contributed by atoms with van der Waals surface area (Å²) < 4.78 is 0.940. The summed E-state index contributed by atoms with van der Waals surface area (Å²) in [5.41, 5.74) is 2.28. The highest BCUT2D eigenvalue weighted by atomic mass is 127. The maximum absolute atomic E-state index is 7.47. The van der Waals surface area contributed by atoms with Crippen molar-refractivity contribution in [3.05, 3.63) is 47.4 Å². The zero-order chi connectivity index (χ0) is 15.0. The number of benzene rings is 1. The number of hydrogen-bond acceptors (Lipinski definition) is 3. The summed E-state index contributed by atoms with van der Waals surface area (Å²) >= 11 is 16.1. The Labute approximate surface area is 149 Å². The summed E-state index contributed by atoms with van der Waals surface area (Å²) in [7, 11) is 0. The zero-order valence-corrected chi connectivity index (χ0v) is 15.1. The number of halogens is 3. The summed E-state index contributed by atoms with van der Waals surface area (Å²) in [6.07, 6.45) is 0. The van der Waals surface area contributed by atoms with Crippen LogP contribution < -0.4 is 5.32 Å². The average molecular weight is 448 g/mol. The molecule has 2 heterocycles. The second-order valence-electron chi connectivity index (χ2n) is 4.32. The number of nitrogens with zero attached hydrogens (tertiary/aromatic N) is 2. The van der Waals surface area contributed by atoms with E-state index >= 15 is 0 Å². The summed E-state index contributed by atoms with van der Waals surface area (Å²) in [6, 6.07) is 5.34. The average Bonchev–Trinajstić information content (AvgIpc) is 3.06. The lowest BCUT2D eigenvalue weighted by atomic mass is 10.0. The molecule has 3 nitrogen and oxygen atoms in total. The molecule has 0 saturated heterocycles. The van der Waals surface area contributed by atoms with Crippen LogP contribution in [0.1, 0.15) is 4.88 Å². The van der Waals surface area contributed by atoms with Crippen LogP contribution in [0, 0.1) is 9.46 Å². The molecule has 0 saturated carbocycles. The highest BCUT2D eigenvalue weighted by Gasteiger charge is 2.24. The lowest BCUT2D eigenvalue weighted by Gasteiger charge is -2.08. The van der Waals surface area contributed by atoms with Crippen molar-refractivity contribution >= 4 is 68.7 Å². The standard InChI is InChI=1S/C14H8Cl2IN3S/c1-18-11-10(8-3-2-7(15)6-9(8)16)12(21-13(11)17)14-19-4-5-20-14/h2-3,6H,4-5H2,(H,19,20). The van der Waals surface area contributed by atoms with Crippen molar-refractivity contribution in [3.8, 4) is 11.1 Å². The van der Waals surface area contributed by atoms with Crippen molar-refractivity contribution in [2.24, 2.45) is 4.99 Å². The van der Waals surface area contributed by atoms with Gasteiger partial charge in [-0.3, -0.25) is 4.99 Å². The fourth-order valence-electron chi connectivity index (χ4n) is 2.15. The molecule has 1 N–H and O–H groups in total. The summed E-state index contributed by atoms with van der Waals surface area (Å²) in [4.78, 5) is 9.11. The lowest BCUT2D eigenvalue weighted by Crippen LogP contribution is -2.18. The molecular weight excluding hydrogens is 440 g/mol. The Morgan fingerprint density at radius 3 is 2.81 bits per heavy atom. The fourth-order valence-corrected chi connectivity index (χ4v) is 4.67. The Bertz CT molecular complexity index is 792. The third-order valence-corrected chi connectivity index (χ3v) is 5.74. The first kappa shape index (κ1) is 15.1. The van der Waals surface area contributed by atoms with E-state index in [0.717, 1.165) is 37.8 Å². The third-order valence-electron chi connectivity index (χ3n) is 3.04. The maximum Gasteiger partial charge on any atom is 0.219 e. The quantitative estimate of drug-likeness (QED) is 0.495. The van der Waals surface area contributed by atoms with Gasteiger partial charge in [0.25, 0.3) is 0 Å². The molecule has 0 amide bonds. The number of nitrogens with one attached hydrogen (secondary N) is 1. The first-order valence-electron chi connectivity index (χ1n) is 6.05. The molecule has 1 aromatic carbocycles. The zero-order valence-electron chi connectivity index (χ0n) is 10.6. The summed E-state index contributed by atoms with van der Waals surface area (Å²) in [6.45, 7) is 9.05. The van der Waals surface area contributed by atoms with Crippen molar-refractivity contribution in [1.82, 2.24) is 5.32 Å². The van der Waals surface area contributed by atoms with Gasteiger partial charge in [0.1, 0.15) is 5.84 Å². The molecule has 0 atom stereocenters. The molecule has 0 aliphatic carbocycles. The molecule has 3 rings (SSSR count). The van der Waals surface area contributed by atoms with Gasteiger partial charge >= 0.3 is 0 Å². The van der Waals surface area contributed by atoms with E-state index in [4.69, 9.17) is 29.8 Å². The number of hydrogen-bond donors (Lipinski definition) is 1. The Balaban J connectivity index is 2.27. The van der Waals surface area contributed by atoms with E-state index in [-0.39, 0.29) is 0 Å². The van der Waals surface area contributed by atoms with Crippen molar-refractivity contribution in [1.29, 1.82) is 0 Å². The van der Waals surface area contributed by atoms with Crippen molar-refractivity contribution in [2.45, 2.75) is 0 Å². The largest absolute Gasteiger partial charge is 0.367 e. The first-order chi connectivity index (χ1) is 10.1. The van der Waals surface area contributed by atoms with E-state index < -0.39 is 0 Å². The van der Waals surface area contributed by atoms with Gasteiger partial charge in [-0.05, 0) is 40.3 Å². The monoisotopic (exact) mass is 447 g/mol. The molecule has 106 valence electrons. The van der Waals surface area contributed by atoms with E-state index in [0.29, 0.717) is 15.7 Å². The molecule has 1 aliphatic rings. The normalized spacial score (nSPS) is 13.7. The molecule has 2 aromatic rings. The smallest absolute Gasteiger partial charge is 0.219 e. The van der Waals surface area contributed by atoms with Gasteiger partial charge in [-0.25, -0.2) is 4.85 Å². The van der Waals surface area contributed by atoms with Gasteiger partial charge in [0.2, 0.25) is 5.69 Å². The second kappa shape index (κ2) is 6.13. The minimum Gasteiger partial charge on any atom is -0.367 e. The second-order valence-corrected chi connectivity index (χ2v) is 8.00. The highest BCUT2D eigenvalue weighted by Crippen LogP contribution is 2.46. The van der Waals surface area contributed by atoms with E-state index in [1.54, 1.807) is 23.5 Å². The van der Waals surface area contributed by atoms with Crippen LogP contribution in [0.2, 0.25) is 10.0 Å². The molecule has 21 heavy (non-hydrogen) atoms. The SMILES string of the molecule is [C-]#[N+]c1c(I)sc(C2=NCCN2)c1-c1ccc(Cl)cc1Cl. The van der Waals surface area contributed by atoms with Crippen molar-refractivity contribution in [3.63, 3.8) is 0 Å². The van der Waals surface area contributed by atoms with E-state index in [9.17, 15) is 0 Å². The van der Waals surface area contributed by atoms with Crippen LogP contribution in [0.4, 0.5) is 5.69 Å². The van der Waals surface area contributed by atoms with Gasteiger partial charge in [-0.1, -0.05) is 29.3 Å². The Morgan fingerprint density at radius 1 is 1.38 bits per heavy atom. The molecule has 0 fully saturated rings. The van der Waals surface area contributed by atoms with Gasteiger partial charge < -0.3 is 5.32 Å². The van der Waals surface area contributed by atoms with Crippen LogP contribution in [-0.4, -0.2) is 18.9 Å². The van der Waals surface area contributed by atoms with Gasteiger partial charge in [0, 0.05) is 22.2 Å². The number of amidine groups is 1. The molecule has 7 heteroatoms. The summed E-state index contributed by atoms with van der Waals surface area (Å²) in [5.74, 6) is 0.842. The number of thiophene rings is 1. The van der Waals surface area contributed by atoms with Crippen LogP contribution in [0.25, 0.3) is 16.0 Å². The maximum atomic E-state index is 7.47. The number of aliphatic imine (C=N–C) groups is 1. The number of rotatable bonds is 2. The van der Waals surface area contributed by atoms with Crippen molar-refractivity contribution in [2.75, 3.05) is 13.1 Å². The molecular formula is C14H8Cl2IN3S. The van der Waals surface area contributed by atoms with Crippen LogP contribution >= 0.6 is 57.1 Å². The van der Waals surface area contributed by atoms with Gasteiger partial charge in [-0.2, -0.15) is 0 Å². The van der Waals surface area contributed by atoms with Crippen LogP contribution in [0.15, 0.2) is 23.2 Å². The third kappa shape index (κ3) is 2.78. The van der Waals surface area contributed by atoms with Gasteiger partial charge in [0.05, 0.1) is 20.9 Å². The van der Waals surface area contributed by atoms with E-state index in [1.165, 1.54) is 0 Å². The Morgan fingerprint density at radius 2 is 2.19 bits per heavy atom. The summed E-state index contributed by atoms with van der Waals surface area (Å²) in [5, 5.41) is 4.39.